The Kier molecular flexibility index (Phi) is 12.2. The van der Waals surface area contributed by atoms with E-state index in [-0.39, 0.29) is 12.5 Å². The first-order valence-electron chi connectivity index (χ1n) is 10.2. The average Bonchev–Trinajstić information content (AvgIpc) is 2.62. The summed E-state index contributed by atoms with van der Waals surface area (Å²) in [5.74, 6) is -0.248. The number of rotatable bonds is 8. The maximum Gasteiger partial charge on any atom is 0.320 e. The van der Waals surface area contributed by atoms with Gasteiger partial charge in [0.25, 0.3) is 0 Å². The van der Waals surface area contributed by atoms with Gasteiger partial charge in [0.1, 0.15) is 18.2 Å². The van der Waals surface area contributed by atoms with E-state index in [0.29, 0.717) is 52.5 Å². The number of esters is 1. The fraction of sp³-hybridized carbons (Fsp3) is 0.850. The zero-order valence-electron chi connectivity index (χ0n) is 18.5. The molecule has 1 rings (SSSR count). The third-order valence-electron chi connectivity index (χ3n) is 4.68. The van der Waals surface area contributed by atoms with Crippen LogP contribution in [0.3, 0.4) is 0 Å². The van der Waals surface area contributed by atoms with Crippen molar-refractivity contribution in [3.63, 3.8) is 0 Å². The molecule has 9 heteroatoms. The Morgan fingerprint density at radius 1 is 0.793 bits per heavy atom. The number of hydrogen-bond acceptors (Lipinski definition) is 9. The largest absolute Gasteiger partial charge is 0.459 e. The molecule has 0 aromatic rings. The molecular formula is C20H38N4O5. The van der Waals surface area contributed by atoms with Crippen LogP contribution in [0.5, 0.6) is 0 Å². The zero-order chi connectivity index (χ0) is 21.7. The molecule has 0 aliphatic carbocycles. The van der Waals surface area contributed by atoms with Crippen LogP contribution in [-0.2, 0) is 23.9 Å². The van der Waals surface area contributed by atoms with Crippen LogP contribution in [0.25, 0.3) is 0 Å². The highest BCUT2D eigenvalue weighted by molar-refractivity contribution is 5.72. The number of carbonyl (C=O) groups excluding carboxylic acids is 3. The Morgan fingerprint density at radius 3 is 1.59 bits per heavy atom. The third kappa shape index (κ3) is 12.0. The van der Waals surface area contributed by atoms with Crippen LogP contribution >= 0.6 is 0 Å². The highest BCUT2D eigenvalue weighted by Gasteiger charge is 2.21. The second-order valence-electron chi connectivity index (χ2n) is 8.33. The molecule has 0 amide bonds. The summed E-state index contributed by atoms with van der Waals surface area (Å²) < 4.78 is 10.8. The van der Waals surface area contributed by atoms with Crippen LogP contribution in [0.4, 0.5) is 0 Å². The van der Waals surface area contributed by atoms with Crippen molar-refractivity contribution in [2.45, 2.75) is 26.4 Å². The molecule has 0 atom stereocenters. The van der Waals surface area contributed by atoms with Crippen molar-refractivity contribution >= 4 is 18.5 Å². The number of carbonyl (C=O) groups is 3. The van der Waals surface area contributed by atoms with Gasteiger partial charge in [-0.25, -0.2) is 0 Å². The lowest BCUT2D eigenvalue weighted by Crippen LogP contribution is -2.48. The lowest BCUT2D eigenvalue weighted by atomic mass is 10.2. The first-order chi connectivity index (χ1) is 13.8. The van der Waals surface area contributed by atoms with Gasteiger partial charge in [0.2, 0.25) is 0 Å². The van der Waals surface area contributed by atoms with Gasteiger partial charge in [-0.2, -0.15) is 0 Å². The summed E-state index contributed by atoms with van der Waals surface area (Å²) >= 11 is 0. The number of nitrogens with zero attached hydrogens (tertiary/aromatic N) is 4. The molecule has 29 heavy (non-hydrogen) atoms. The molecule has 9 nitrogen and oxygen atoms in total. The van der Waals surface area contributed by atoms with Crippen LogP contribution in [0, 0.1) is 0 Å². The minimum absolute atomic E-state index is 0.213. The molecule has 0 aromatic carbocycles. The first kappa shape index (κ1) is 25.6. The summed E-state index contributed by atoms with van der Waals surface area (Å²) in [6.45, 7) is 12.6. The molecule has 0 N–H and O–H groups in total. The highest BCUT2D eigenvalue weighted by Crippen LogP contribution is 2.08. The number of hydrogen-bond donors (Lipinski definition) is 0. The molecule has 0 radical (unpaired) electrons. The molecule has 1 aliphatic rings. The van der Waals surface area contributed by atoms with Crippen LogP contribution in [-0.4, -0.2) is 130 Å². The van der Waals surface area contributed by atoms with E-state index in [1.165, 1.54) is 0 Å². The van der Waals surface area contributed by atoms with Gasteiger partial charge in [0, 0.05) is 59.5 Å². The minimum atomic E-state index is -0.517. The van der Waals surface area contributed by atoms with Gasteiger partial charge in [-0.15, -0.1) is 0 Å². The third-order valence-corrected chi connectivity index (χ3v) is 4.68. The van der Waals surface area contributed by atoms with E-state index in [1.54, 1.807) is 7.11 Å². The molecule has 0 saturated carbocycles. The number of methoxy groups -OCH3 is 1. The van der Waals surface area contributed by atoms with E-state index in [4.69, 9.17) is 9.47 Å². The second-order valence-corrected chi connectivity index (χ2v) is 8.33. The van der Waals surface area contributed by atoms with E-state index in [0.717, 1.165) is 32.2 Å². The molecule has 0 spiro atoms. The molecule has 1 heterocycles. The summed E-state index contributed by atoms with van der Waals surface area (Å²) in [5.41, 5.74) is -0.517. The maximum atomic E-state index is 12.3. The topological polar surface area (TPSA) is 82.6 Å². The molecule has 1 aliphatic heterocycles. The van der Waals surface area contributed by atoms with E-state index < -0.39 is 5.60 Å². The Hall–Kier alpha value is -1.39. The van der Waals surface area contributed by atoms with Crippen LogP contribution in [0.1, 0.15) is 20.8 Å². The van der Waals surface area contributed by atoms with Crippen molar-refractivity contribution in [3.8, 4) is 0 Å². The lowest BCUT2D eigenvalue weighted by Gasteiger charge is -2.33. The molecule has 168 valence electrons. The van der Waals surface area contributed by atoms with E-state index in [1.807, 2.05) is 20.8 Å². The molecule has 0 unspecified atom stereocenters. The number of aldehydes is 2. The first-order valence-corrected chi connectivity index (χ1v) is 10.2. The van der Waals surface area contributed by atoms with Gasteiger partial charge >= 0.3 is 5.97 Å². The van der Waals surface area contributed by atoms with Crippen molar-refractivity contribution in [1.29, 1.82) is 0 Å². The summed E-state index contributed by atoms with van der Waals surface area (Å²) in [5, 5.41) is 0. The van der Waals surface area contributed by atoms with Crippen LogP contribution in [0.2, 0.25) is 0 Å². The molecule has 0 aromatic heterocycles. The average molecular weight is 415 g/mol. The Bertz CT molecular complexity index is 498. The van der Waals surface area contributed by atoms with Gasteiger partial charge in [0.15, 0.2) is 0 Å². The van der Waals surface area contributed by atoms with Crippen molar-refractivity contribution in [1.82, 2.24) is 19.6 Å². The molecule has 1 fully saturated rings. The smallest absolute Gasteiger partial charge is 0.320 e. The normalized spacial score (nSPS) is 19.9. The van der Waals surface area contributed by atoms with E-state index in [2.05, 4.69) is 19.6 Å². The second kappa shape index (κ2) is 13.8. The zero-order valence-corrected chi connectivity index (χ0v) is 18.5. The predicted molar refractivity (Wildman–Crippen MR) is 111 cm³/mol. The Morgan fingerprint density at radius 2 is 1.21 bits per heavy atom. The fourth-order valence-electron chi connectivity index (χ4n) is 3.18. The Balaban J connectivity index is 2.82. The van der Waals surface area contributed by atoms with Crippen molar-refractivity contribution in [2.75, 3.05) is 85.8 Å². The van der Waals surface area contributed by atoms with Gasteiger partial charge < -0.3 is 19.1 Å². The standard InChI is InChI=1S/C20H38N4O5/c1-20(2,3)29-19(27)17-23-9-7-21(13-15-25)5-6-22(14-16-26)8-11-24(12-10-23)18-28-4/h15-16H,5-14,17-18H2,1-4H3. The maximum absolute atomic E-state index is 12.3. The van der Waals surface area contributed by atoms with E-state index >= 15 is 0 Å². The fourth-order valence-corrected chi connectivity index (χ4v) is 3.18. The van der Waals surface area contributed by atoms with Gasteiger partial charge in [-0.05, 0) is 20.8 Å². The number of ether oxygens (including phenoxy) is 2. The molecule has 1 saturated heterocycles. The Labute approximate surface area is 174 Å². The predicted octanol–water partition coefficient (Wildman–Crippen LogP) is -0.449. The lowest BCUT2D eigenvalue weighted by molar-refractivity contribution is -0.156. The van der Waals surface area contributed by atoms with Crippen molar-refractivity contribution < 1.29 is 23.9 Å². The van der Waals surface area contributed by atoms with Crippen molar-refractivity contribution in [3.05, 3.63) is 0 Å². The van der Waals surface area contributed by atoms with Gasteiger partial charge in [-0.3, -0.25) is 24.4 Å². The van der Waals surface area contributed by atoms with Gasteiger partial charge in [0.05, 0.1) is 26.4 Å². The molecular weight excluding hydrogens is 376 g/mol. The van der Waals surface area contributed by atoms with E-state index in [9.17, 15) is 14.4 Å². The minimum Gasteiger partial charge on any atom is -0.459 e. The summed E-state index contributed by atoms with van der Waals surface area (Å²) in [7, 11) is 1.66. The van der Waals surface area contributed by atoms with Crippen LogP contribution < -0.4 is 0 Å². The van der Waals surface area contributed by atoms with Crippen molar-refractivity contribution in [2.24, 2.45) is 0 Å². The van der Waals surface area contributed by atoms with Crippen LogP contribution in [0.15, 0.2) is 0 Å². The monoisotopic (exact) mass is 414 g/mol. The highest BCUT2D eigenvalue weighted by atomic mass is 16.6. The SMILES string of the molecule is COCN1CCN(CC=O)CCN(CC=O)CCN(CC(=O)OC(C)(C)C)CC1. The quantitative estimate of drug-likeness (QED) is 0.387. The summed E-state index contributed by atoms with van der Waals surface area (Å²) in [6, 6.07) is 0. The summed E-state index contributed by atoms with van der Waals surface area (Å²) in [6.07, 6.45) is 1.81. The molecule has 0 bridgehead atoms. The summed E-state index contributed by atoms with van der Waals surface area (Å²) in [4.78, 5) is 42.8. The van der Waals surface area contributed by atoms with Gasteiger partial charge in [-0.1, -0.05) is 0 Å².